The molecular weight excluding hydrogens is 580 g/mol. The van der Waals surface area contributed by atoms with Gasteiger partial charge in [0.25, 0.3) is 11.8 Å². The summed E-state index contributed by atoms with van der Waals surface area (Å²) >= 11 is 0. The highest BCUT2D eigenvalue weighted by molar-refractivity contribution is 6.07. The van der Waals surface area contributed by atoms with Gasteiger partial charge in [0.15, 0.2) is 0 Å². The van der Waals surface area contributed by atoms with Crippen LogP contribution in [0.4, 0.5) is 28.9 Å². The zero-order valence-electron chi connectivity index (χ0n) is 24.7. The molecule has 13 heteroatoms. The van der Waals surface area contributed by atoms with Gasteiger partial charge in [-0.15, -0.1) is 0 Å². The highest BCUT2D eigenvalue weighted by Gasteiger charge is 2.36. The molecule has 0 bridgehead atoms. The van der Waals surface area contributed by atoms with Crippen LogP contribution in [-0.2, 0) is 6.18 Å². The number of benzene rings is 2. The van der Waals surface area contributed by atoms with Crippen molar-refractivity contribution in [3.8, 4) is 11.1 Å². The van der Waals surface area contributed by atoms with E-state index in [0.717, 1.165) is 18.7 Å². The molecule has 2 aromatic carbocycles. The van der Waals surface area contributed by atoms with Crippen LogP contribution in [0, 0.1) is 5.82 Å². The first-order chi connectivity index (χ1) is 20.8. The molecule has 9 nitrogen and oxygen atoms in total. The number of aromatic nitrogens is 1. The predicted octanol–water partition coefficient (Wildman–Crippen LogP) is 4.45. The zero-order chi connectivity index (χ0) is 32.2. The molecule has 4 rings (SSSR count). The topological polar surface area (TPSA) is 124 Å². The van der Waals surface area contributed by atoms with E-state index in [4.69, 9.17) is 5.73 Å². The SMILES string of the molecule is C[C@@H]1CN(c2ccc(-c3cc(C(=O)NCCCCN)ccc3F)cc2NC(=O)c2c[nH]c(=O)cc2C(F)(F)F)C[C@H](C)N1C. The Bertz CT molecular complexity index is 1560. The van der Waals surface area contributed by atoms with Gasteiger partial charge >= 0.3 is 6.18 Å². The molecule has 1 saturated heterocycles. The van der Waals surface area contributed by atoms with Crippen molar-refractivity contribution < 1.29 is 27.2 Å². The smallest absolute Gasteiger partial charge is 0.367 e. The number of unbranched alkanes of at least 4 members (excludes halogenated alkanes) is 1. The largest absolute Gasteiger partial charge is 0.417 e. The van der Waals surface area contributed by atoms with Gasteiger partial charge in [-0.1, -0.05) is 6.07 Å². The summed E-state index contributed by atoms with van der Waals surface area (Å²) in [6, 6.07) is 9.27. The number of rotatable bonds is 9. The lowest BCUT2D eigenvalue weighted by molar-refractivity contribution is -0.138. The van der Waals surface area contributed by atoms with Crippen LogP contribution >= 0.6 is 0 Å². The number of likely N-dealkylation sites (N-methyl/N-ethyl adjacent to an activating group) is 1. The first-order valence-electron chi connectivity index (χ1n) is 14.3. The second-order valence-electron chi connectivity index (χ2n) is 11.0. The van der Waals surface area contributed by atoms with Crippen LogP contribution in [0.25, 0.3) is 11.1 Å². The maximum Gasteiger partial charge on any atom is 0.417 e. The molecule has 2 amide bonds. The molecule has 3 aromatic rings. The third kappa shape index (κ3) is 7.45. The van der Waals surface area contributed by atoms with Crippen molar-refractivity contribution in [3.05, 3.63) is 81.5 Å². The molecule has 0 spiro atoms. The van der Waals surface area contributed by atoms with Crippen molar-refractivity contribution in [2.45, 2.75) is 44.9 Å². The minimum atomic E-state index is -4.96. The number of amides is 2. The lowest BCUT2D eigenvalue weighted by Gasteiger charge is -2.44. The monoisotopic (exact) mass is 616 g/mol. The first-order valence-corrected chi connectivity index (χ1v) is 14.3. The Labute approximate surface area is 252 Å². The molecule has 1 fully saturated rings. The fourth-order valence-corrected chi connectivity index (χ4v) is 5.23. The van der Waals surface area contributed by atoms with Gasteiger partial charge in [0.05, 0.1) is 22.5 Å². The average Bonchev–Trinajstić information content (AvgIpc) is 2.97. The number of pyridine rings is 1. The van der Waals surface area contributed by atoms with E-state index < -0.39 is 40.5 Å². The van der Waals surface area contributed by atoms with E-state index in [9.17, 15) is 27.6 Å². The van der Waals surface area contributed by atoms with Gasteiger partial charge in [-0.2, -0.15) is 13.2 Å². The van der Waals surface area contributed by atoms with Crippen LogP contribution in [0.2, 0.25) is 0 Å². The minimum Gasteiger partial charge on any atom is -0.367 e. The Morgan fingerprint density at radius 2 is 1.73 bits per heavy atom. The molecule has 0 unspecified atom stereocenters. The molecule has 0 radical (unpaired) electrons. The fourth-order valence-electron chi connectivity index (χ4n) is 5.23. The number of carbonyl (C=O) groups is 2. The van der Waals surface area contributed by atoms with Gasteiger partial charge in [0.2, 0.25) is 5.56 Å². The van der Waals surface area contributed by atoms with Gasteiger partial charge in [0.1, 0.15) is 5.82 Å². The standard InChI is InChI=1S/C31H36F4N6O3/c1-18-16-41(17-19(2)40(18)3)27-9-7-20(22-12-21(6-8-25(22)32)29(43)37-11-5-4-10-36)13-26(27)39-30(44)23-15-38-28(42)14-24(23)31(33,34)35/h6-9,12-15,18-19H,4-5,10-11,16-17,36H2,1-3H3,(H,37,43)(H,38,42)(H,39,44)/t18-,19+. The fraction of sp³-hybridized carbons (Fsp3) is 0.387. The van der Waals surface area contributed by atoms with Crippen molar-refractivity contribution >= 4 is 23.2 Å². The van der Waals surface area contributed by atoms with E-state index in [1.54, 1.807) is 12.1 Å². The molecule has 2 atom stereocenters. The lowest BCUT2D eigenvalue weighted by atomic mass is 9.99. The predicted molar refractivity (Wildman–Crippen MR) is 161 cm³/mol. The second kappa shape index (κ2) is 13.6. The van der Waals surface area contributed by atoms with Crippen LogP contribution in [0.1, 0.15) is 53.0 Å². The maximum atomic E-state index is 15.1. The molecule has 5 N–H and O–H groups in total. The number of anilines is 2. The number of H-pyrrole nitrogens is 1. The van der Waals surface area contributed by atoms with E-state index >= 15 is 4.39 Å². The van der Waals surface area contributed by atoms with Gasteiger partial charge < -0.3 is 26.3 Å². The Morgan fingerprint density at radius 3 is 2.39 bits per heavy atom. The van der Waals surface area contributed by atoms with E-state index in [-0.39, 0.29) is 28.9 Å². The van der Waals surface area contributed by atoms with Crippen LogP contribution in [0.15, 0.2) is 53.5 Å². The van der Waals surface area contributed by atoms with Gasteiger partial charge in [-0.05, 0) is 76.2 Å². The van der Waals surface area contributed by atoms with Crippen LogP contribution in [0.3, 0.4) is 0 Å². The summed E-state index contributed by atoms with van der Waals surface area (Å²) in [6.07, 6.45) is -2.80. The Morgan fingerprint density at radius 1 is 1.02 bits per heavy atom. The van der Waals surface area contributed by atoms with Crippen molar-refractivity contribution in [2.24, 2.45) is 5.73 Å². The normalized spacial score (nSPS) is 17.4. The molecule has 1 aliphatic rings. The van der Waals surface area contributed by atoms with Crippen molar-refractivity contribution in [2.75, 3.05) is 43.4 Å². The molecule has 0 aliphatic carbocycles. The minimum absolute atomic E-state index is 0.0711. The summed E-state index contributed by atoms with van der Waals surface area (Å²) in [6.45, 7) is 6.09. The van der Waals surface area contributed by atoms with Gasteiger partial charge in [-0.3, -0.25) is 19.3 Å². The van der Waals surface area contributed by atoms with Crippen molar-refractivity contribution in [1.29, 1.82) is 0 Å². The van der Waals surface area contributed by atoms with Gasteiger partial charge in [-0.25, -0.2) is 4.39 Å². The summed E-state index contributed by atoms with van der Waals surface area (Å²) in [5.74, 6) is -2.13. The number of nitrogens with two attached hydrogens (primary N) is 1. The number of hydrogen-bond acceptors (Lipinski definition) is 6. The quantitative estimate of drug-likeness (QED) is 0.208. The molecular formula is C31H36F4N6O3. The Balaban J connectivity index is 1.75. The van der Waals surface area contributed by atoms with E-state index in [1.165, 1.54) is 18.2 Å². The van der Waals surface area contributed by atoms with Crippen molar-refractivity contribution in [1.82, 2.24) is 15.2 Å². The summed E-state index contributed by atoms with van der Waals surface area (Å²) in [5.41, 5.74) is 3.60. The zero-order valence-corrected chi connectivity index (χ0v) is 24.7. The molecule has 0 saturated carbocycles. The van der Waals surface area contributed by atoms with Gasteiger partial charge in [0, 0.05) is 55.1 Å². The summed E-state index contributed by atoms with van der Waals surface area (Å²) < 4.78 is 56.4. The number of halogens is 4. The third-order valence-corrected chi connectivity index (χ3v) is 7.88. The highest BCUT2D eigenvalue weighted by atomic mass is 19.4. The first kappa shape index (κ1) is 32.7. The second-order valence-corrected chi connectivity index (χ2v) is 11.0. The number of hydrogen-bond donors (Lipinski definition) is 4. The van der Waals surface area contributed by atoms with E-state index in [0.29, 0.717) is 49.9 Å². The third-order valence-electron chi connectivity index (χ3n) is 7.88. The highest BCUT2D eigenvalue weighted by Crippen LogP contribution is 2.36. The van der Waals surface area contributed by atoms with Crippen LogP contribution < -0.4 is 26.8 Å². The number of alkyl halides is 3. The number of nitrogens with zero attached hydrogens (tertiary/aromatic N) is 2. The average molecular weight is 617 g/mol. The van der Waals surface area contributed by atoms with Crippen molar-refractivity contribution in [3.63, 3.8) is 0 Å². The Hall–Kier alpha value is -4.23. The number of aromatic amines is 1. The molecule has 236 valence electrons. The molecule has 44 heavy (non-hydrogen) atoms. The van der Waals surface area contributed by atoms with E-state index in [2.05, 4.69) is 20.5 Å². The maximum absolute atomic E-state index is 15.1. The Kier molecular flexibility index (Phi) is 10.1. The summed E-state index contributed by atoms with van der Waals surface area (Å²) in [7, 11) is 2.00. The number of piperazine rings is 1. The summed E-state index contributed by atoms with van der Waals surface area (Å²) in [4.78, 5) is 44.0. The van der Waals surface area contributed by atoms with E-state index in [1.807, 2.05) is 25.8 Å². The molecule has 1 aromatic heterocycles. The number of nitrogens with one attached hydrogen (secondary N) is 3. The lowest BCUT2D eigenvalue weighted by Crippen LogP contribution is -2.55. The molecule has 1 aliphatic heterocycles. The van der Waals surface area contributed by atoms with Crippen LogP contribution in [-0.4, -0.2) is 67.0 Å². The summed E-state index contributed by atoms with van der Waals surface area (Å²) in [5, 5.41) is 5.35. The number of carbonyl (C=O) groups excluding carboxylic acids is 2. The molecule has 2 heterocycles. The van der Waals surface area contributed by atoms with Crippen LogP contribution in [0.5, 0.6) is 0 Å².